The van der Waals surface area contributed by atoms with Crippen molar-refractivity contribution in [3.8, 4) is 0 Å². The Morgan fingerprint density at radius 1 is 1.36 bits per heavy atom. The summed E-state index contributed by atoms with van der Waals surface area (Å²) in [7, 11) is 0. The summed E-state index contributed by atoms with van der Waals surface area (Å²) < 4.78 is 10.6. The zero-order valence-corrected chi connectivity index (χ0v) is 7.55. The molecule has 2 atom stereocenters. The fourth-order valence-electron chi connectivity index (χ4n) is 1.11. The summed E-state index contributed by atoms with van der Waals surface area (Å²) in [5, 5.41) is 9.68. The molecule has 1 N–H and O–H groups in total. The number of ether oxygens (including phenoxy) is 2. The fraction of sp³-hybridized carbons (Fsp3) is 1.00. The lowest BCUT2D eigenvalue weighted by atomic mass is 10.0. The predicted octanol–water partition coefficient (Wildman–Crippen LogP) is 1.11. The molecule has 0 radical (unpaired) electrons. The van der Waals surface area contributed by atoms with Crippen molar-refractivity contribution in [1.82, 2.24) is 0 Å². The van der Waals surface area contributed by atoms with Gasteiger partial charge in [0, 0.05) is 5.92 Å². The minimum absolute atomic E-state index is 0.0236. The minimum atomic E-state index is -1.05. The lowest BCUT2D eigenvalue weighted by Crippen LogP contribution is -2.52. The van der Waals surface area contributed by atoms with E-state index in [1.54, 1.807) is 20.8 Å². The van der Waals surface area contributed by atoms with Crippen molar-refractivity contribution in [1.29, 1.82) is 0 Å². The maximum Gasteiger partial charge on any atom is 0.170 e. The quantitative estimate of drug-likeness (QED) is 0.577. The molecule has 3 heteroatoms. The Labute approximate surface area is 67.3 Å². The second kappa shape index (κ2) is 2.44. The molecule has 0 saturated carbocycles. The molecule has 1 aliphatic rings. The summed E-state index contributed by atoms with van der Waals surface area (Å²) in [5.74, 6) is -1.69. The van der Waals surface area contributed by atoms with Gasteiger partial charge in [0.15, 0.2) is 11.6 Å². The molecule has 0 amide bonds. The Morgan fingerprint density at radius 2 is 1.91 bits per heavy atom. The fourth-order valence-corrected chi connectivity index (χ4v) is 1.11. The minimum Gasteiger partial charge on any atom is -0.365 e. The summed E-state index contributed by atoms with van der Waals surface area (Å²) in [6.45, 7) is 7.71. The first-order valence-corrected chi connectivity index (χ1v) is 3.90. The zero-order chi connectivity index (χ0) is 8.70. The molecule has 0 aromatic rings. The van der Waals surface area contributed by atoms with E-state index in [1.165, 1.54) is 0 Å². The number of hydrogen-bond donors (Lipinski definition) is 1. The molecule has 66 valence electrons. The van der Waals surface area contributed by atoms with Crippen LogP contribution in [-0.4, -0.2) is 23.3 Å². The van der Waals surface area contributed by atoms with Gasteiger partial charge < -0.3 is 14.6 Å². The maximum absolute atomic E-state index is 9.68. The van der Waals surface area contributed by atoms with Crippen LogP contribution in [0.15, 0.2) is 0 Å². The zero-order valence-electron chi connectivity index (χ0n) is 7.55. The number of hydrogen-bond acceptors (Lipinski definition) is 3. The molecule has 1 heterocycles. The second-order valence-corrected chi connectivity index (χ2v) is 3.77. The van der Waals surface area contributed by atoms with Gasteiger partial charge in [-0.15, -0.1) is 0 Å². The topological polar surface area (TPSA) is 38.7 Å². The third-order valence-corrected chi connectivity index (χ3v) is 2.05. The SMILES string of the molecule is CC1COC(C)(C)OC1(C)O. The van der Waals surface area contributed by atoms with Gasteiger partial charge in [-0.2, -0.15) is 0 Å². The summed E-state index contributed by atoms with van der Waals surface area (Å²) in [5.41, 5.74) is 0. The summed E-state index contributed by atoms with van der Waals surface area (Å²) >= 11 is 0. The van der Waals surface area contributed by atoms with Gasteiger partial charge in [0.25, 0.3) is 0 Å². The smallest absolute Gasteiger partial charge is 0.170 e. The molecule has 1 aliphatic heterocycles. The van der Waals surface area contributed by atoms with Crippen molar-refractivity contribution in [2.45, 2.75) is 39.3 Å². The van der Waals surface area contributed by atoms with Crippen LogP contribution >= 0.6 is 0 Å². The van der Waals surface area contributed by atoms with Crippen molar-refractivity contribution >= 4 is 0 Å². The molecule has 1 saturated heterocycles. The van der Waals surface area contributed by atoms with Crippen molar-refractivity contribution in [3.05, 3.63) is 0 Å². The highest BCUT2D eigenvalue weighted by Crippen LogP contribution is 2.31. The molecule has 0 bridgehead atoms. The molecule has 3 nitrogen and oxygen atoms in total. The molecule has 11 heavy (non-hydrogen) atoms. The Morgan fingerprint density at radius 3 is 2.27 bits per heavy atom. The van der Waals surface area contributed by atoms with E-state index in [2.05, 4.69) is 0 Å². The van der Waals surface area contributed by atoms with E-state index >= 15 is 0 Å². The van der Waals surface area contributed by atoms with Crippen LogP contribution in [0.1, 0.15) is 27.7 Å². The van der Waals surface area contributed by atoms with Crippen LogP contribution in [0.3, 0.4) is 0 Å². The third kappa shape index (κ3) is 1.92. The Balaban J connectivity index is 2.67. The van der Waals surface area contributed by atoms with Crippen LogP contribution in [0.2, 0.25) is 0 Å². The standard InChI is InChI=1S/C8H16O3/c1-6-5-10-7(2,3)11-8(6,4)9/h6,9H,5H2,1-4H3. The first-order chi connectivity index (χ1) is 4.83. The van der Waals surface area contributed by atoms with Crippen molar-refractivity contribution < 1.29 is 14.6 Å². The van der Waals surface area contributed by atoms with E-state index in [-0.39, 0.29) is 5.92 Å². The van der Waals surface area contributed by atoms with E-state index in [1.807, 2.05) is 6.92 Å². The van der Waals surface area contributed by atoms with E-state index in [9.17, 15) is 5.11 Å². The van der Waals surface area contributed by atoms with Crippen LogP contribution in [0.25, 0.3) is 0 Å². The maximum atomic E-state index is 9.68. The Bertz CT molecular complexity index is 151. The Kier molecular flexibility index (Phi) is 1.99. The van der Waals surface area contributed by atoms with Crippen LogP contribution in [0, 0.1) is 5.92 Å². The van der Waals surface area contributed by atoms with Crippen molar-refractivity contribution in [2.75, 3.05) is 6.61 Å². The van der Waals surface area contributed by atoms with E-state index in [4.69, 9.17) is 9.47 Å². The molecule has 0 aromatic carbocycles. The van der Waals surface area contributed by atoms with Crippen LogP contribution in [-0.2, 0) is 9.47 Å². The van der Waals surface area contributed by atoms with Gasteiger partial charge in [-0.25, -0.2) is 0 Å². The molecule has 0 aliphatic carbocycles. The number of rotatable bonds is 0. The highest BCUT2D eigenvalue weighted by molar-refractivity contribution is 4.76. The predicted molar refractivity (Wildman–Crippen MR) is 40.9 cm³/mol. The van der Waals surface area contributed by atoms with Gasteiger partial charge in [0.05, 0.1) is 6.61 Å². The summed E-state index contributed by atoms with van der Waals surface area (Å²) in [4.78, 5) is 0. The van der Waals surface area contributed by atoms with E-state index < -0.39 is 11.6 Å². The van der Waals surface area contributed by atoms with E-state index in [0.29, 0.717) is 6.61 Å². The highest BCUT2D eigenvalue weighted by atomic mass is 16.8. The van der Waals surface area contributed by atoms with E-state index in [0.717, 1.165) is 0 Å². The normalized spacial score (nSPS) is 43.9. The third-order valence-electron chi connectivity index (χ3n) is 2.05. The highest BCUT2D eigenvalue weighted by Gasteiger charge is 2.41. The lowest BCUT2D eigenvalue weighted by molar-refractivity contribution is -0.385. The molecular formula is C8H16O3. The summed E-state index contributed by atoms with van der Waals surface area (Å²) in [6.07, 6.45) is 0. The molecule has 1 rings (SSSR count). The van der Waals surface area contributed by atoms with Gasteiger partial charge in [-0.3, -0.25) is 0 Å². The molecule has 0 spiro atoms. The number of aliphatic hydroxyl groups is 1. The van der Waals surface area contributed by atoms with Gasteiger partial charge in [0.2, 0.25) is 0 Å². The summed E-state index contributed by atoms with van der Waals surface area (Å²) in [6, 6.07) is 0. The molecule has 0 aromatic heterocycles. The van der Waals surface area contributed by atoms with Gasteiger partial charge in [-0.05, 0) is 20.8 Å². The molecule has 1 fully saturated rings. The van der Waals surface area contributed by atoms with Crippen LogP contribution in [0.5, 0.6) is 0 Å². The average molecular weight is 160 g/mol. The first kappa shape index (κ1) is 8.97. The molecular weight excluding hydrogens is 144 g/mol. The largest absolute Gasteiger partial charge is 0.365 e. The van der Waals surface area contributed by atoms with Crippen LogP contribution < -0.4 is 0 Å². The lowest BCUT2D eigenvalue weighted by Gasteiger charge is -2.43. The Hall–Kier alpha value is -0.120. The molecule has 2 unspecified atom stereocenters. The van der Waals surface area contributed by atoms with Crippen molar-refractivity contribution in [2.24, 2.45) is 5.92 Å². The van der Waals surface area contributed by atoms with Crippen LogP contribution in [0.4, 0.5) is 0 Å². The van der Waals surface area contributed by atoms with Gasteiger partial charge in [0.1, 0.15) is 0 Å². The van der Waals surface area contributed by atoms with Gasteiger partial charge >= 0.3 is 0 Å². The van der Waals surface area contributed by atoms with Gasteiger partial charge in [-0.1, -0.05) is 6.92 Å². The second-order valence-electron chi connectivity index (χ2n) is 3.77. The monoisotopic (exact) mass is 160 g/mol. The first-order valence-electron chi connectivity index (χ1n) is 3.90. The van der Waals surface area contributed by atoms with Crippen molar-refractivity contribution in [3.63, 3.8) is 0 Å². The average Bonchev–Trinajstić information content (AvgIpc) is 1.77.